The molecule has 0 aliphatic heterocycles. The van der Waals surface area contributed by atoms with Gasteiger partial charge in [-0.05, 0) is 37.6 Å². The van der Waals surface area contributed by atoms with E-state index >= 15 is 0 Å². The lowest BCUT2D eigenvalue weighted by Gasteiger charge is -2.27. The molecule has 2 rings (SSSR count). The molecule has 0 aliphatic carbocycles. The van der Waals surface area contributed by atoms with E-state index in [9.17, 15) is 13.2 Å². The third-order valence-electron chi connectivity index (χ3n) is 4.58. The van der Waals surface area contributed by atoms with Gasteiger partial charge in [0.1, 0.15) is 4.90 Å². The van der Waals surface area contributed by atoms with Crippen LogP contribution in [0.4, 0.5) is 0 Å². The average Bonchev–Trinajstić information content (AvgIpc) is 2.67. The first-order valence-electron chi connectivity index (χ1n) is 9.36. The summed E-state index contributed by atoms with van der Waals surface area (Å²) in [6.45, 7) is 8.51. The van der Waals surface area contributed by atoms with Crippen LogP contribution in [-0.4, -0.2) is 42.7 Å². The van der Waals surface area contributed by atoms with E-state index in [2.05, 4.69) is 0 Å². The van der Waals surface area contributed by atoms with E-state index in [1.54, 1.807) is 24.8 Å². The van der Waals surface area contributed by atoms with Crippen molar-refractivity contribution in [1.29, 1.82) is 0 Å². The highest BCUT2D eigenvalue weighted by atomic mass is 35.5. The highest BCUT2D eigenvalue weighted by Crippen LogP contribution is 2.27. The molecule has 0 radical (unpaired) electrons. The zero-order valence-electron chi connectivity index (χ0n) is 16.7. The number of rotatable bonds is 8. The summed E-state index contributed by atoms with van der Waals surface area (Å²) in [6.07, 6.45) is 0. The lowest BCUT2D eigenvalue weighted by molar-refractivity contribution is 0.0690. The van der Waals surface area contributed by atoms with Gasteiger partial charge in [0.2, 0.25) is 10.0 Å². The van der Waals surface area contributed by atoms with Crippen molar-refractivity contribution in [3.8, 4) is 0 Å². The Kier molecular flexibility index (Phi) is 7.63. The van der Waals surface area contributed by atoms with Gasteiger partial charge in [0.25, 0.3) is 5.91 Å². The van der Waals surface area contributed by atoms with Crippen LogP contribution in [0.1, 0.15) is 43.6 Å². The van der Waals surface area contributed by atoms with Gasteiger partial charge in [-0.15, -0.1) is 0 Å². The summed E-state index contributed by atoms with van der Waals surface area (Å²) in [4.78, 5) is 14.8. The maximum absolute atomic E-state index is 13.2. The molecule has 0 aromatic heterocycles. The Labute approximate surface area is 173 Å². The standard InChI is InChI=1S/C21H27ClN2O3S/c1-5-23(6-2)28(26,27)20-14-18(12-13-19(20)22)21(25)24(16(3)4)15-17-10-8-7-9-11-17/h7-14,16H,5-6,15H2,1-4H3. The molecule has 2 aromatic rings. The molecule has 1 amide bonds. The molecule has 0 unspecified atom stereocenters. The van der Waals surface area contributed by atoms with Crippen LogP contribution < -0.4 is 0 Å². The van der Waals surface area contributed by atoms with E-state index in [0.29, 0.717) is 25.2 Å². The molecule has 152 valence electrons. The Morgan fingerprint density at radius 1 is 1.04 bits per heavy atom. The van der Waals surface area contributed by atoms with Crippen LogP contribution in [-0.2, 0) is 16.6 Å². The third-order valence-corrected chi connectivity index (χ3v) is 7.11. The van der Waals surface area contributed by atoms with Gasteiger partial charge in [-0.1, -0.05) is 55.8 Å². The van der Waals surface area contributed by atoms with Gasteiger partial charge >= 0.3 is 0 Å². The largest absolute Gasteiger partial charge is 0.332 e. The Bertz CT molecular complexity index is 911. The molecule has 7 heteroatoms. The molecule has 0 N–H and O–H groups in total. The van der Waals surface area contributed by atoms with Crippen molar-refractivity contribution in [3.05, 3.63) is 64.7 Å². The molecule has 0 aliphatic rings. The van der Waals surface area contributed by atoms with Gasteiger partial charge in [-0.3, -0.25) is 4.79 Å². The lowest BCUT2D eigenvalue weighted by Crippen LogP contribution is -2.36. The second kappa shape index (κ2) is 9.54. The smallest absolute Gasteiger partial charge is 0.254 e. The second-order valence-electron chi connectivity index (χ2n) is 6.75. The zero-order chi connectivity index (χ0) is 20.9. The first kappa shape index (κ1) is 22.4. The predicted molar refractivity (Wildman–Crippen MR) is 113 cm³/mol. The minimum Gasteiger partial charge on any atom is -0.332 e. The Morgan fingerprint density at radius 2 is 1.64 bits per heavy atom. The molecule has 0 saturated carbocycles. The van der Waals surface area contributed by atoms with Crippen LogP contribution in [0.5, 0.6) is 0 Å². The van der Waals surface area contributed by atoms with E-state index < -0.39 is 10.0 Å². The summed E-state index contributed by atoms with van der Waals surface area (Å²) in [7, 11) is -3.76. The van der Waals surface area contributed by atoms with Gasteiger partial charge in [-0.2, -0.15) is 4.31 Å². The number of sulfonamides is 1. The normalized spacial score (nSPS) is 11.8. The molecule has 0 fully saturated rings. The molecule has 0 atom stereocenters. The van der Waals surface area contributed by atoms with Gasteiger partial charge < -0.3 is 4.90 Å². The van der Waals surface area contributed by atoms with Crippen LogP contribution in [0.2, 0.25) is 5.02 Å². The van der Waals surface area contributed by atoms with Crippen LogP contribution in [0.3, 0.4) is 0 Å². The van der Waals surface area contributed by atoms with Gasteiger partial charge in [0, 0.05) is 31.2 Å². The van der Waals surface area contributed by atoms with E-state index in [1.807, 2.05) is 44.2 Å². The van der Waals surface area contributed by atoms with E-state index in [1.165, 1.54) is 16.4 Å². The first-order chi connectivity index (χ1) is 13.2. The third kappa shape index (κ3) is 4.93. The van der Waals surface area contributed by atoms with Crippen molar-refractivity contribution in [2.24, 2.45) is 0 Å². The van der Waals surface area contributed by atoms with Gasteiger partial charge in [-0.25, -0.2) is 8.42 Å². The van der Waals surface area contributed by atoms with E-state index in [4.69, 9.17) is 11.6 Å². The molecule has 5 nitrogen and oxygen atoms in total. The number of carbonyl (C=O) groups is 1. The number of carbonyl (C=O) groups excluding carboxylic acids is 1. The number of hydrogen-bond donors (Lipinski definition) is 0. The van der Waals surface area contributed by atoms with Crippen molar-refractivity contribution in [3.63, 3.8) is 0 Å². The van der Waals surface area contributed by atoms with Gasteiger partial charge in [0.05, 0.1) is 5.02 Å². The average molecular weight is 423 g/mol. The summed E-state index contributed by atoms with van der Waals surface area (Å²) in [5, 5.41) is 0.114. The SMILES string of the molecule is CCN(CC)S(=O)(=O)c1cc(C(=O)N(Cc2ccccc2)C(C)C)ccc1Cl. The molecule has 28 heavy (non-hydrogen) atoms. The Balaban J connectivity index is 2.42. The minimum atomic E-state index is -3.76. The zero-order valence-corrected chi connectivity index (χ0v) is 18.3. The fourth-order valence-corrected chi connectivity index (χ4v) is 4.93. The molecular weight excluding hydrogens is 396 g/mol. The number of hydrogen-bond acceptors (Lipinski definition) is 3. The summed E-state index contributed by atoms with van der Waals surface area (Å²) in [5.74, 6) is -0.230. The van der Waals surface area contributed by atoms with Crippen LogP contribution >= 0.6 is 11.6 Å². The number of benzene rings is 2. The predicted octanol–water partition coefficient (Wildman–Crippen LogP) is 4.42. The number of nitrogens with zero attached hydrogens (tertiary/aromatic N) is 2. The second-order valence-corrected chi connectivity index (χ2v) is 9.06. The first-order valence-corrected chi connectivity index (χ1v) is 11.2. The summed E-state index contributed by atoms with van der Waals surface area (Å²) in [5.41, 5.74) is 1.31. The molecule has 0 spiro atoms. The van der Waals surface area contributed by atoms with Crippen LogP contribution in [0.15, 0.2) is 53.4 Å². The number of amides is 1. The maximum Gasteiger partial charge on any atom is 0.254 e. The number of halogens is 1. The minimum absolute atomic E-state index is 0.0351. The van der Waals surface area contributed by atoms with Gasteiger partial charge in [0.15, 0.2) is 0 Å². The molecule has 0 heterocycles. The van der Waals surface area contributed by atoms with Crippen molar-refractivity contribution >= 4 is 27.5 Å². The molecule has 0 saturated heterocycles. The fraction of sp³-hybridized carbons (Fsp3) is 0.381. The lowest BCUT2D eigenvalue weighted by atomic mass is 10.1. The maximum atomic E-state index is 13.2. The van der Waals surface area contributed by atoms with Crippen molar-refractivity contribution < 1.29 is 13.2 Å². The monoisotopic (exact) mass is 422 g/mol. The van der Waals surface area contributed by atoms with Crippen molar-refractivity contribution in [2.45, 2.75) is 45.2 Å². The van der Waals surface area contributed by atoms with Crippen LogP contribution in [0, 0.1) is 0 Å². The van der Waals surface area contributed by atoms with Crippen molar-refractivity contribution in [2.75, 3.05) is 13.1 Å². The van der Waals surface area contributed by atoms with Crippen molar-refractivity contribution in [1.82, 2.24) is 9.21 Å². The summed E-state index contributed by atoms with van der Waals surface area (Å²) >= 11 is 6.18. The quantitative estimate of drug-likeness (QED) is 0.632. The highest BCUT2D eigenvalue weighted by molar-refractivity contribution is 7.89. The highest BCUT2D eigenvalue weighted by Gasteiger charge is 2.27. The molecule has 2 aromatic carbocycles. The fourth-order valence-electron chi connectivity index (χ4n) is 2.97. The topological polar surface area (TPSA) is 57.7 Å². The summed E-state index contributed by atoms with van der Waals surface area (Å²) in [6, 6.07) is 14.1. The Morgan fingerprint density at radius 3 is 2.18 bits per heavy atom. The Hall–Kier alpha value is -1.89. The summed E-state index contributed by atoms with van der Waals surface area (Å²) < 4.78 is 27.1. The molecule has 0 bridgehead atoms. The van der Waals surface area contributed by atoms with Crippen LogP contribution in [0.25, 0.3) is 0 Å². The van der Waals surface area contributed by atoms with E-state index in [0.717, 1.165) is 5.56 Å². The molecular formula is C21H27ClN2O3S. The van der Waals surface area contributed by atoms with E-state index in [-0.39, 0.29) is 21.9 Å².